The van der Waals surface area contributed by atoms with Gasteiger partial charge in [-0.3, -0.25) is 9.88 Å². The Morgan fingerprint density at radius 3 is 2.74 bits per heavy atom. The second-order valence-corrected chi connectivity index (χ2v) is 10.4. The third kappa shape index (κ3) is 3.62. The average molecular weight is 449 g/mol. The molecule has 0 bridgehead atoms. The van der Waals surface area contributed by atoms with Crippen LogP contribution in [-0.2, 0) is 19.4 Å². The number of anilines is 1. The lowest BCUT2D eigenvalue weighted by Gasteiger charge is -2.35. The summed E-state index contributed by atoms with van der Waals surface area (Å²) in [4.78, 5) is 26.6. The van der Waals surface area contributed by atoms with Crippen LogP contribution in [0.3, 0.4) is 0 Å². The van der Waals surface area contributed by atoms with Gasteiger partial charge in [0.05, 0.1) is 16.1 Å². The van der Waals surface area contributed by atoms with Crippen LogP contribution in [0.5, 0.6) is 0 Å². The fourth-order valence-corrected chi connectivity index (χ4v) is 6.52. The molecule has 5 heterocycles. The van der Waals surface area contributed by atoms with Crippen LogP contribution in [-0.4, -0.2) is 51.0 Å². The van der Waals surface area contributed by atoms with Crippen molar-refractivity contribution >= 4 is 38.7 Å². The third-order valence-electron chi connectivity index (χ3n) is 6.19. The van der Waals surface area contributed by atoms with E-state index < -0.39 is 0 Å². The molecule has 31 heavy (non-hydrogen) atoms. The Hall–Kier alpha value is -2.42. The molecule has 0 N–H and O–H groups in total. The molecular formula is C23H24N6S2. The summed E-state index contributed by atoms with van der Waals surface area (Å²) in [6.45, 7) is 7.02. The van der Waals surface area contributed by atoms with Gasteiger partial charge in [-0.05, 0) is 43.9 Å². The topological polar surface area (TPSA) is 58.0 Å². The van der Waals surface area contributed by atoms with Gasteiger partial charge in [-0.1, -0.05) is 0 Å². The van der Waals surface area contributed by atoms with Crippen molar-refractivity contribution in [1.82, 2.24) is 24.8 Å². The number of nitrogens with zero attached hydrogens (tertiary/aromatic N) is 6. The van der Waals surface area contributed by atoms with E-state index in [1.165, 1.54) is 34.4 Å². The number of hydrogen-bond donors (Lipinski definition) is 0. The molecule has 1 fully saturated rings. The standard InChI is InChI=1S/C23H24N6S2/c1-15-25-17(14-30-15)13-28-8-10-29(11-9-28)22-20-18-5-2-6-19(18)31-23(20)27-21(26-22)16-4-3-7-24-12-16/h3-4,7,12,14H,2,5-6,8-11,13H2,1H3. The maximum absolute atomic E-state index is 5.11. The molecule has 6 nitrogen and oxygen atoms in total. The van der Waals surface area contributed by atoms with E-state index in [-0.39, 0.29) is 0 Å². The lowest BCUT2D eigenvalue weighted by molar-refractivity contribution is 0.247. The van der Waals surface area contributed by atoms with Crippen molar-refractivity contribution in [2.24, 2.45) is 0 Å². The molecule has 0 spiro atoms. The highest BCUT2D eigenvalue weighted by Crippen LogP contribution is 2.41. The summed E-state index contributed by atoms with van der Waals surface area (Å²) in [5.41, 5.74) is 3.67. The largest absolute Gasteiger partial charge is 0.353 e. The Kier molecular flexibility index (Phi) is 4.93. The molecule has 1 aliphatic heterocycles. The molecular weight excluding hydrogens is 424 g/mol. The third-order valence-corrected chi connectivity index (χ3v) is 8.20. The normalized spacial score (nSPS) is 16.9. The van der Waals surface area contributed by atoms with Crippen LogP contribution in [0.15, 0.2) is 29.9 Å². The van der Waals surface area contributed by atoms with Crippen molar-refractivity contribution in [3.63, 3.8) is 0 Å². The van der Waals surface area contributed by atoms with Gasteiger partial charge in [0.15, 0.2) is 5.82 Å². The first-order valence-corrected chi connectivity index (χ1v) is 12.6. The van der Waals surface area contributed by atoms with Gasteiger partial charge in [0, 0.05) is 60.9 Å². The number of fused-ring (bicyclic) bond motifs is 3. The van der Waals surface area contributed by atoms with Crippen LogP contribution >= 0.6 is 22.7 Å². The fraction of sp³-hybridized carbons (Fsp3) is 0.391. The number of hydrogen-bond acceptors (Lipinski definition) is 8. The SMILES string of the molecule is Cc1nc(CN2CCN(c3nc(-c4cccnc4)nc4sc5c(c34)CCC5)CC2)cs1. The molecule has 1 aliphatic carbocycles. The first-order valence-electron chi connectivity index (χ1n) is 10.9. The maximum atomic E-state index is 5.11. The number of thiophene rings is 1. The number of pyridine rings is 1. The van der Waals surface area contributed by atoms with Crippen LogP contribution < -0.4 is 4.90 Å². The summed E-state index contributed by atoms with van der Waals surface area (Å²) < 4.78 is 0. The molecule has 158 valence electrons. The van der Waals surface area contributed by atoms with Crippen LogP contribution in [0.25, 0.3) is 21.6 Å². The van der Waals surface area contributed by atoms with Crippen molar-refractivity contribution in [3.05, 3.63) is 51.0 Å². The van der Waals surface area contributed by atoms with Crippen molar-refractivity contribution in [2.45, 2.75) is 32.7 Å². The lowest BCUT2D eigenvalue weighted by atomic mass is 10.1. The summed E-state index contributed by atoms with van der Waals surface area (Å²) in [6.07, 6.45) is 7.24. The molecule has 4 aromatic rings. The van der Waals surface area contributed by atoms with Crippen molar-refractivity contribution < 1.29 is 0 Å². The molecule has 0 amide bonds. The number of thiazole rings is 1. The number of aryl methyl sites for hydroxylation is 3. The first kappa shape index (κ1) is 19.3. The van der Waals surface area contributed by atoms with E-state index in [2.05, 4.69) is 32.1 Å². The molecule has 2 aliphatic rings. The quantitative estimate of drug-likeness (QED) is 0.463. The highest BCUT2D eigenvalue weighted by Gasteiger charge is 2.27. The molecule has 0 saturated carbocycles. The summed E-state index contributed by atoms with van der Waals surface area (Å²) in [6, 6.07) is 4.00. The van der Waals surface area contributed by atoms with Crippen LogP contribution in [0.2, 0.25) is 0 Å². The second-order valence-electron chi connectivity index (χ2n) is 8.27. The minimum absolute atomic E-state index is 0.788. The van der Waals surface area contributed by atoms with Crippen molar-refractivity contribution in [2.75, 3.05) is 31.1 Å². The predicted octanol–water partition coefficient (Wildman–Crippen LogP) is 4.33. The highest BCUT2D eigenvalue weighted by atomic mass is 32.1. The Morgan fingerprint density at radius 1 is 1.06 bits per heavy atom. The zero-order chi connectivity index (χ0) is 20.8. The monoisotopic (exact) mass is 448 g/mol. The summed E-state index contributed by atoms with van der Waals surface area (Å²) in [5, 5.41) is 4.63. The Bertz CT molecular complexity index is 1220. The van der Waals surface area contributed by atoms with Crippen molar-refractivity contribution in [1.29, 1.82) is 0 Å². The predicted molar refractivity (Wildman–Crippen MR) is 127 cm³/mol. The van der Waals surface area contributed by atoms with Crippen LogP contribution in [0, 0.1) is 6.92 Å². The summed E-state index contributed by atoms with van der Waals surface area (Å²) >= 11 is 3.60. The van der Waals surface area contributed by atoms with Gasteiger partial charge in [-0.15, -0.1) is 22.7 Å². The van der Waals surface area contributed by atoms with E-state index in [4.69, 9.17) is 9.97 Å². The molecule has 0 aromatic carbocycles. The minimum Gasteiger partial charge on any atom is -0.353 e. The lowest BCUT2D eigenvalue weighted by Crippen LogP contribution is -2.46. The van der Waals surface area contributed by atoms with E-state index >= 15 is 0 Å². The minimum atomic E-state index is 0.788. The zero-order valence-electron chi connectivity index (χ0n) is 17.5. The summed E-state index contributed by atoms with van der Waals surface area (Å²) in [5.74, 6) is 1.91. The molecule has 0 unspecified atom stereocenters. The van der Waals surface area contributed by atoms with E-state index in [1.54, 1.807) is 17.5 Å². The highest BCUT2D eigenvalue weighted by molar-refractivity contribution is 7.19. The van der Waals surface area contributed by atoms with Gasteiger partial charge in [0.25, 0.3) is 0 Å². The molecule has 0 atom stereocenters. The van der Waals surface area contributed by atoms with Crippen LogP contribution in [0.4, 0.5) is 5.82 Å². The molecule has 6 rings (SSSR count). The molecule has 1 saturated heterocycles. The number of rotatable bonds is 4. The van der Waals surface area contributed by atoms with Gasteiger partial charge >= 0.3 is 0 Å². The average Bonchev–Trinajstić information content (AvgIpc) is 3.50. The van der Waals surface area contributed by atoms with Gasteiger partial charge in [0.2, 0.25) is 0 Å². The van der Waals surface area contributed by atoms with E-state index in [9.17, 15) is 0 Å². The van der Waals surface area contributed by atoms with Crippen LogP contribution in [0.1, 0.15) is 27.6 Å². The van der Waals surface area contributed by atoms with E-state index in [0.717, 1.165) is 66.2 Å². The molecule has 4 aromatic heterocycles. The van der Waals surface area contributed by atoms with Gasteiger partial charge < -0.3 is 4.90 Å². The summed E-state index contributed by atoms with van der Waals surface area (Å²) in [7, 11) is 0. The first-order chi connectivity index (χ1) is 15.2. The number of piperazine rings is 1. The van der Waals surface area contributed by atoms with Gasteiger partial charge in [-0.25, -0.2) is 15.0 Å². The number of aromatic nitrogens is 4. The van der Waals surface area contributed by atoms with Gasteiger partial charge in [-0.2, -0.15) is 0 Å². The fourth-order valence-electron chi connectivity index (χ4n) is 4.66. The van der Waals surface area contributed by atoms with Gasteiger partial charge in [0.1, 0.15) is 10.6 Å². The maximum Gasteiger partial charge on any atom is 0.164 e. The Labute approximate surface area is 189 Å². The Balaban J connectivity index is 1.32. The van der Waals surface area contributed by atoms with Crippen molar-refractivity contribution in [3.8, 4) is 11.4 Å². The second kappa shape index (κ2) is 7.93. The van der Waals surface area contributed by atoms with E-state index in [0.29, 0.717) is 0 Å². The smallest absolute Gasteiger partial charge is 0.164 e. The molecule has 8 heteroatoms. The Morgan fingerprint density at radius 2 is 1.97 bits per heavy atom. The zero-order valence-corrected chi connectivity index (χ0v) is 19.2. The molecule has 0 radical (unpaired) electrons. The van der Waals surface area contributed by atoms with E-state index in [1.807, 2.05) is 29.7 Å².